The SMILES string of the molecule is Cc1csc2c1C(c1ccccc1-c1cncc(C#N)c1)=N[C@@H](CC(=O)O)c1nnc(C)n1-2. The number of nitriles is 1. The molecule has 1 aromatic carbocycles. The zero-order valence-electron chi connectivity index (χ0n) is 17.9. The molecule has 1 aliphatic rings. The molecule has 0 saturated heterocycles. The molecule has 0 saturated carbocycles. The third-order valence-electron chi connectivity index (χ3n) is 5.56. The molecule has 5 rings (SSSR count). The number of aliphatic carboxylic acids is 1. The van der Waals surface area contributed by atoms with Crippen molar-refractivity contribution in [2.75, 3.05) is 0 Å². The van der Waals surface area contributed by atoms with Gasteiger partial charge in [-0.3, -0.25) is 19.3 Å². The molecule has 0 fully saturated rings. The molecular weight excluding hydrogens is 436 g/mol. The number of pyridine rings is 1. The Morgan fingerprint density at radius 3 is 2.76 bits per heavy atom. The van der Waals surface area contributed by atoms with Crippen LogP contribution in [0.1, 0.15) is 46.4 Å². The summed E-state index contributed by atoms with van der Waals surface area (Å²) in [4.78, 5) is 20.9. The van der Waals surface area contributed by atoms with Gasteiger partial charge in [0.2, 0.25) is 0 Å². The summed E-state index contributed by atoms with van der Waals surface area (Å²) in [6, 6.07) is 11.0. The van der Waals surface area contributed by atoms with E-state index in [1.165, 1.54) is 6.20 Å². The van der Waals surface area contributed by atoms with Crippen molar-refractivity contribution >= 4 is 23.0 Å². The summed E-state index contributed by atoms with van der Waals surface area (Å²) in [6.07, 6.45) is 3.03. The number of fused-ring (bicyclic) bond motifs is 3. The van der Waals surface area contributed by atoms with E-state index in [0.717, 1.165) is 32.8 Å². The molecule has 0 unspecified atom stereocenters. The Hall–Kier alpha value is -4.16. The van der Waals surface area contributed by atoms with Crippen LogP contribution in [0.3, 0.4) is 0 Å². The third-order valence-corrected chi connectivity index (χ3v) is 6.64. The molecule has 0 spiro atoms. The van der Waals surface area contributed by atoms with Gasteiger partial charge in [0, 0.05) is 29.1 Å². The van der Waals surface area contributed by atoms with Gasteiger partial charge in [-0.25, -0.2) is 0 Å². The van der Waals surface area contributed by atoms with Gasteiger partial charge in [0.1, 0.15) is 22.9 Å². The van der Waals surface area contributed by atoms with Gasteiger partial charge in [0.15, 0.2) is 5.82 Å². The molecule has 0 aliphatic carbocycles. The highest BCUT2D eigenvalue weighted by atomic mass is 32.1. The van der Waals surface area contributed by atoms with Gasteiger partial charge >= 0.3 is 5.97 Å². The highest BCUT2D eigenvalue weighted by Crippen LogP contribution is 2.39. The van der Waals surface area contributed by atoms with Gasteiger partial charge < -0.3 is 5.11 Å². The third kappa shape index (κ3) is 3.50. The van der Waals surface area contributed by atoms with Crippen molar-refractivity contribution in [2.45, 2.75) is 26.3 Å². The molecule has 33 heavy (non-hydrogen) atoms. The minimum absolute atomic E-state index is 0.205. The van der Waals surface area contributed by atoms with Crippen molar-refractivity contribution in [2.24, 2.45) is 4.99 Å². The normalized spacial score (nSPS) is 14.6. The first-order chi connectivity index (χ1) is 16.0. The van der Waals surface area contributed by atoms with E-state index >= 15 is 0 Å². The van der Waals surface area contributed by atoms with E-state index in [4.69, 9.17) is 4.99 Å². The summed E-state index contributed by atoms with van der Waals surface area (Å²) in [5.41, 5.74) is 5.60. The average Bonchev–Trinajstić information content (AvgIpc) is 3.34. The highest BCUT2D eigenvalue weighted by Gasteiger charge is 2.32. The number of carboxylic acid groups (broad SMARTS) is 1. The standard InChI is InChI=1S/C24H18N6O2S/c1-13-12-33-24-21(13)22(27-19(8-20(31)32)23-29-28-14(2)30(23)24)18-6-4-3-5-17(18)16-7-15(9-25)10-26-11-16/h3-7,10-12,19H,8H2,1-2H3,(H,31,32)/t19-/m0/s1. The molecule has 0 bridgehead atoms. The Labute approximate surface area is 193 Å². The first-order valence-electron chi connectivity index (χ1n) is 10.2. The molecule has 9 heteroatoms. The summed E-state index contributed by atoms with van der Waals surface area (Å²) in [7, 11) is 0. The van der Waals surface area contributed by atoms with E-state index in [2.05, 4.69) is 26.6 Å². The van der Waals surface area contributed by atoms with Crippen molar-refractivity contribution in [3.63, 3.8) is 0 Å². The molecule has 8 nitrogen and oxygen atoms in total. The van der Waals surface area contributed by atoms with Crippen LogP contribution in [0.25, 0.3) is 16.1 Å². The number of carboxylic acids is 1. The molecule has 3 aromatic heterocycles. The first kappa shape index (κ1) is 20.7. The molecule has 4 aromatic rings. The molecule has 162 valence electrons. The van der Waals surface area contributed by atoms with Crippen LogP contribution in [-0.4, -0.2) is 36.5 Å². The van der Waals surface area contributed by atoms with Crippen LogP contribution in [0.2, 0.25) is 0 Å². The number of hydrogen-bond acceptors (Lipinski definition) is 7. The lowest BCUT2D eigenvalue weighted by molar-refractivity contribution is -0.137. The largest absolute Gasteiger partial charge is 0.481 e. The molecule has 0 radical (unpaired) electrons. The number of aryl methyl sites for hydroxylation is 2. The predicted molar refractivity (Wildman–Crippen MR) is 124 cm³/mol. The summed E-state index contributed by atoms with van der Waals surface area (Å²) in [5, 5.41) is 30.4. The first-order valence-corrected chi connectivity index (χ1v) is 11.1. The number of carbonyl (C=O) groups is 1. The maximum Gasteiger partial charge on any atom is 0.306 e. The number of rotatable bonds is 4. The second kappa shape index (κ2) is 8.07. The monoisotopic (exact) mass is 454 g/mol. The van der Waals surface area contributed by atoms with E-state index in [9.17, 15) is 15.2 Å². The zero-order valence-corrected chi connectivity index (χ0v) is 18.7. The van der Waals surface area contributed by atoms with Gasteiger partial charge in [-0.1, -0.05) is 24.3 Å². The van der Waals surface area contributed by atoms with E-state index in [0.29, 0.717) is 22.9 Å². The van der Waals surface area contributed by atoms with E-state index in [1.807, 2.05) is 42.7 Å². The maximum absolute atomic E-state index is 11.7. The fraction of sp³-hybridized carbons (Fsp3) is 0.167. The average molecular weight is 455 g/mol. The van der Waals surface area contributed by atoms with Gasteiger partial charge in [-0.15, -0.1) is 21.5 Å². The van der Waals surface area contributed by atoms with Gasteiger partial charge in [-0.05, 0) is 36.4 Å². The van der Waals surface area contributed by atoms with Crippen molar-refractivity contribution in [1.82, 2.24) is 19.7 Å². The number of hydrogen-bond donors (Lipinski definition) is 1. The van der Waals surface area contributed by atoms with E-state index in [1.54, 1.807) is 23.6 Å². The zero-order chi connectivity index (χ0) is 23.1. The minimum atomic E-state index is -0.962. The highest BCUT2D eigenvalue weighted by molar-refractivity contribution is 7.13. The number of nitrogens with zero attached hydrogens (tertiary/aromatic N) is 6. The van der Waals surface area contributed by atoms with Crippen molar-refractivity contribution in [1.29, 1.82) is 5.26 Å². The van der Waals surface area contributed by atoms with Crippen LogP contribution < -0.4 is 0 Å². The molecule has 4 heterocycles. The van der Waals surface area contributed by atoms with Crippen molar-refractivity contribution < 1.29 is 9.90 Å². The van der Waals surface area contributed by atoms with Crippen molar-refractivity contribution in [3.8, 4) is 22.2 Å². The van der Waals surface area contributed by atoms with Crippen LogP contribution in [0.15, 0.2) is 53.1 Å². The Morgan fingerprint density at radius 1 is 1.21 bits per heavy atom. The minimum Gasteiger partial charge on any atom is -0.481 e. The Morgan fingerprint density at radius 2 is 2.00 bits per heavy atom. The van der Waals surface area contributed by atoms with Gasteiger partial charge in [-0.2, -0.15) is 5.26 Å². The molecule has 0 amide bonds. The van der Waals surface area contributed by atoms with E-state index < -0.39 is 12.0 Å². The van der Waals surface area contributed by atoms with E-state index in [-0.39, 0.29) is 6.42 Å². The van der Waals surface area contributed by atoms with Crippen molar-refractivity contribution in [3.05, 3.63) is 82.0 Å². The molecule has 1 N–H and O–H groups in total. The molecular formula is C24H18N6O2S. The molecule has 1 aliphatic heterocycles. The second-order valence-corrected chi connectivity index (χ2v) is 8.61. The lowest BCUT2D eigenvalue weighted by Crippen LogP contribution is -2.11. The lowest BCUT2D eigenvalue weighted by atomic mass is 9.92. The Kier molecular flexibility index (Phi) is 5.07. The van der Waals surface area contributed by atoms with Crippen LogP contribution in [0.5, 0.6) is 0 Å². The summed E-state index contributed by atoms with van der Waals surface area (Å²) in [5.74, 6) is 0.231. The van der Waals surface area contributed by atoms with Crippen LogP contribution in [0.4, 0.5) is 0 Å². The number of thiophene rings is 1. The van der Waals surface area contributed by atoms with Crippen LogP contribution in [0, 0.1) is 25.2 Å². The summed E-state index contributed by atoms with van der Waals surface area (Å²) < 4.78 is 1.91. The predicted octanol–water partition coefficient (Wildman–Crippen LogP) is 4.25. The Balaban J connectivity index is 1.80. The van der Waals surface area contributed by atoms with Gasteiger partial charge in [0.05, 0.1) is 17.7 Å². The second-order valence-electron chi connectivity index (χ2n) is 7.75. The quantitative estimate of drug-likeness (QED) is 0.493. The Bertz CT molecular complexity index is 1480. The number of aliphatic imine (C=N–C) groups is 1. The maximum atomic E-state index is 11.7. The number of aromatic nitrogens is 4. The van der Waals surface area contributed by atoms with Gasteiger partial charge in [0.25, 0.3) is 0 Å². The summed E-state index contributed by atoms with van der Waals surface area (Å²) in [6.45, 7) is 3.87. The van der Waals surface area contributed by atoms with Crippen LogP contribution in [-0.2, 0) is 4.79 Å². The molecule has 1 atom stereocenters. The topological polar surface area (TPSA) is 117 Å². The summed E-state index contributed by atoms with van der Waals surface area (Å²) >= 11 is 1.55. The number of benzene rings is 1. The fourth-order valence-electron chi connectivity index (χ4n) is 4.10. The fourth-order valence-corrected chi connectivity index (χ4v) is 5.22. The van der Waals surface area contributed by atoms with Crippen LogP contribution >= 0.6 is 11.3 Å². The smallest absolute Gasteiger partial charge is 0.306 e. The lowest BCUT2D eigenvalue weighted by Gasteiger charge is -2.14.